The molecule has 1 aromatic carbocycles. The van der Waals surface area contributed by atoms with E-state index in [1.165, 1.54) is 0 Å². The average Bonchev–Trinajstić information content (AvgIpc) is 3.05. The van der Waals surface area contributed by atoms with Crippen molar-refractivity contribution in [3.05, 3.63) is 29.8 Å². The van der Waals surface area contributed by atoms with Crippen LogP contribution >= 0.6 is 11.8 Å². The second-order valence-corrected chi connectivity index (χ2v) is 7.08. The van der Waals surface area contributed by atoms with E-state index in [9.17, 15) is 4.79 Å². The van der Waals surface area contributed by atoms with Crippen molar-refractivity contribution in [2.75, 3.05) is 52.6 Å². The number of carbonyl (C=O) groups is 1. The molecule has 120 valence electrons. The van der Waals surface area contributed by atoms with Crippen molar-refractivity contribution >= 4 is 17.7 Å². The Balaban J connectivity index is 1.63. The molecule has 0 bridgehead atoms. The zero-order valence-electron chi connectivity index (χ0n) is 13.5. The fourth-order valence-corrected chi connectivity index (χ4v) is 3.99. The summed E-state index contributed by atoms with van der Waals surface area (Å²) < 4.78 is 0. The fraction of sp³-hybridized carbons (Fsp3) is 0.588. The highest BCUT2D eigenvalue weighted by molar-refractivity contribution is 7.98. The SMILES string of the molecule is CSc1ccccc1C(=O)N1CC[C@H](N2CCN(C)CC2)C1. The first-order chi connectivity index (χ1) is 10.7. The van der Waals surface area contributed by atoms with Gasteiger partial charge in [-0.2, -0.15) is 0 Å². The lowest BCUT2D eigenvalue weighted by Gasteiger charge is -2.36. The van der Waals surface area contributed by atoms with Crippen LogP contribution in [0.15, 0.2) is 29.2 Å². The normalized spacial score (nSPS) is 23.9. The molecule has 1 aromatic rings. The fourth-order valence-electron chi connectivity index (χ4n) is 3.40. The van der Waals surface area contributed by atoms with Crippen LogP contribution in [0.4, 0.5) is 0 Å². The van der Waals surface area contributed by atoms with Gasteiger partial charge in [0.25, 0.3) is 5.91 Å². The number of likely N-dealkylation sites (tertiary alicyclic amines) is 1. The average molecular weight is 319 g/mol. The molecule has 5 heteroatoms. The van der Waals surface area contributed by atoms with Crippen molar-refractivity contribution in [1.29, 1.82) is 0 Å². The van der Waals surface area contributed by atoms with Gasteiger partial charge in [-0.05, 0) is 31.9 Å². The summed E-state index contributed by atoms with van der Waals surface area (Å²) in [6.07, 6.45) is 3.14. The lowest BCUT2D eigenvalue weighted by Crippen LogP contribution is -2.50. The van der Waals surface area contributed by atoms with Crippen LogP contribution in [-0.4, -0.2) is 79.2 Å². The first-order valence-electron chi connectivity index (χ1n) is 8.04. The van der Waals surface area contributed by atoms with Crippen LogP contribution in [0.1, 0.15) is 16.8 Å². The molecule has 0 aromatic heterocycles. The van der Waals surface area contributed by atoms with E-state index in [1.54, 1.807) is 11.8 Å². The number of piperazine rings is 1. The van der Waals surface area contributed by atoms with Gasteiger partial charge in [0.2, 0.25) is 0 Å². The van der Waals surface area contributed by atoms with E-state index in [-0.39, 0.29) is 5.91 Å². The van der Waals surface area contributed by atoms with Gasteiger partial charge in [-0.3, -0.25) is 9.69 Å². The van der Waals surface area contributed by atoms with Gasteiger partial charge in [0.05, 0.1) is 5.56 Å². The molecule has 0 spiro atoms. The van der Waals surface area contributed by atoms with Crippen molar-refractivity contribution in [1.82, 2.24) is 14.7 Å². The maximum absolute atomic E-state index is 12.8. The highest BCUT2D eigenvalue weighted by Crippen LogP contribution is 2.24. The van der Waals surface area contributed by atoms with Crippen molar-refractivity contribution in [2.24, 2.45) is 0 Å². The second kappa shape index (κ2) is 7.02. The molecule has 22 heavy (non-hydrogen) atoms. The van der Waals surface area contributed by atoms with Gasteiger partial charge in [-0.25, -0.2) is 0 Å². The van der Waals surface area contributed by atoms with Crippen LogP contribution in [-0.2, 0) is 0 Å². The van der Waals surface area contributed by atoms with Crippen LogP contribution in [0.3, 0.4) is 0 Å². The predicted octanol–water partition coefficient (Wildman–Crippen LogP) is 1.87. The minimum Gasteiger partial charge on any atom is -0.337 e. The summed E-state index contributed by atoms with van der Waals surface area (Å²) in [6, 6.07) is 8.49. The Morgan fingerprint density at radius 3 is 2.59 bits per heavy atom. The lowest BCUT2D eigenvalue weighted by molar-refractivity contribution is 0.0752. The molecule has 2 fully saturated rings. The van der Waals surface area contributed by atoms with Gasteiger partial charge in [0, 0.05) is 50.2 Å². The number of carbonyl (C=O) groups excluding carboxylic acids is 1. The molecule has 1 atom stereocenters. The first kappa shape index (κ1) is 15.8. The van der Waals surface area contributed by atoms with Crippen molar-refractivity contribution in [3.8, 4) is 0 Å². The summed E-state index contributed by atoms with van der Waals surface area (Å²) in [4.78, 5) is 20.9. The Bertz CT molecular complexity index is 528. The Morgan fingerprint density at radius 1 is 1.14 bits per heavy atom. The van der Waals surface area contributed by atoms with E-state index in [2.05, 4.69) is 16.8 Å². The quantitative estimate of drug-likeness (QED) is 0.795. The molecule has 2 aliphatic rings. The molecule has 4 nitrogen and oxygen atoms in total. The van der Waals surface area contributed by atoms with Gasteiger partial charge in [0.15, 0.2) is 0 Å². The molecule has 0 saturated carbocycles. The summed E-state index contributed by atoms with van der Waals surface area (Å²) in [5.41, 5.74) is 0.856. The monoisotopic (exact) mass is 319 g/mol. The summed E-state index contributed by atoms with van der Waals surface area (Å²) in [5.74, 6) is 0.196. The Morgan fingerprint density at radius 2 is 1.86 bits per heavy atom. The van der Waals surface area contributed by atoms with Crippen LogP contribution in [0.2, 0.25) is 0 Å². The third-order valence-corrected chi connectivity index (χ3v) is 5.64. The maximum atomic E-state index is 12.8. The van der Waals surface area contributed by atoms with E-state index >= 15 is 0 Å². The summed E-state index contributed by atoms with van der Waals surface area (Å²) >= 11 is 1.65. The standard InChI is InChI=1S/C17H25N3OS/c1-18-9-11-19(12-10-18)14-7-8-20(13-14)17(21)15-5-3-4-6-16(15)22-2/h3-6,14H,7-13H2,1-2H3/t14-/m0/s1. The molecule has 2 saturated heterocycles. The summed E-state index contributed by atoms with van der Waals surface area (Å²) in [5, 5.41) is 0. The third kappa shape index (κ3) is 3.31. The van der Waals surface area contributed by atoms with Gasteiger partial charge in [-0.15, -0.1) is 11.8 Å². The smallest absolute Gasteiger partial charge is 0.255 e. The Labute approximate surface area is 137 Å². The molecular formula is C17H25N3OS. The molecule has 0 unspecified atom stereocenters. The van der Waals surface area contributed by atoms with Gasteiger partial charge >= 0.3 is 0 Å². The molecule has 0 N–H and O–H groups in total. The minimum atomic E-state index is 0.196. The van der Waals surface area contributed by atoms with E-state index < -0.39 is 0 Å². The Kier molecular flexibility index (Phi) is 5.06. The molecule has 1 amide bonds. The number of nitrogens with zero attached hydrogens (tertiary/aromatic N) is 3. The Hall–Kier alpha value is -1.04. The van der Waals surface area contributed by atoms with E-state index in [4.69, 9.17) is 0 Å². The van der Waals surface area contributed by atoms with Crippen LogP contribution < -0.4 is 0 Å². The van der Waals surface area contributed by atoms with Crippen LogP contribution in [0.5, 0.6) is 0 Å². The molecular weight excluding hydrogens is 294 g/mol. The zero-order chi connectivity index (χ0) is 15.5. The van der Waals surface area contributed by atoms with Crippen molar-refractivity contribution in [2.45, 2.75) is 17.4 Å². The second-order valence-electron chi connectivity index (χ2n) is 6.23. The number of rotatable bonds is 3. The molecule has 0 aliphatic carbocycles. The van der Waals surface area contributed by atoms with Gasteiger partial charge in [-0.1, -0.05) is 12.1 Å². The number of amides is 1. The van der Waals surface area contributed by atoms with Gasteiger partial charge < -0.3 is 9.80 Å². The number of benzene rings is 1. The van der Waals surface area contributed by atoms with Crippen molar-refractivity contribution in [3.63, 3.8) is 0 Å². The molecule has 2 heterocycles. The molecule has 3 rings (SSSR count). The van der Waals surface area contributed by atoms with E-state index in [0.717, 1.165) is 56.1 Å². The topological polar surface area (TPSA) is 26.8 Å². The summed E-state index contributed by atoms with van der Waals surface area (Å²) in [7, 11) is 2.18. The van der Waals surface area contributed by atoms with Crippen LogP contribution in [0, 0.1) is 0 Å². The summed E-state index contributed by atoms with van der Waals surface area (Å²) in [6.45, 7) is 6.30. The van der Waals surface area contributed by atoms with Crippen LogP contribution in [0.25, 0.3) is 0 Å². The highest BCUT2D eigenvalue weighted by atomic mass is 32.2. The zero-order valence-corrected chi connectivity index (χ0v) is 14.3. The third-order valence-electron chi connectivity index (χ3n) is 4.84. The first-order valence-corrected chi connectivity index (χ1v) is 9.26. The number of hydrogen-bond acceptors (Lipinski definition) is 4. The van der Waals surface area contributed by atoms with Crippen molar-refractivity contribution < 1.29 is 4.79 Å². The lowest BCUT2D eigenvalue weighted by atomic mass is 10.2. The maximum Gasteiger partial charge on any atom is 0.255 e. The number of thioether (sulfide) groups is 1. The number of hydrogen-bond donors (Lipinski definition) is 0. The minimum absolute atomic E-state index is 0.196. The predicted molar refractivity (Wildman–Crippen MR) is 91.6 cm³/mol. The van der Waals surface area contributed by atoms with Gasteiger partial charge in [0.1, 0.15) is 0 Å². The number of likely N-dealkylation sites (N-methyl/N-ethyl adjacent to an activating group) is 1. The van der Waals surface area contributed by atoms with E-state index in [1.807, 2.05) is 35.4 Å². The largest absolute Gasteiger partial charge is 0.337 e. The van der Waals surface area contributed by atoms with E-state index in [0.29, 0.717) is 6.04 Å². The molecule has 2 aliphatic heterocycles. The highest BCUT2D eigenvalue weighted by Gasteiger charge is 2.32. The molecule has 0 radical (unpaired) electrons.